The number of carbonyl (C=O) groups excluding carboxylic acids is 1. The third-order valence-corrected chi connectivity index (χ3v) is 8.51. The third-order valence-electron chi connectivity index (χ3n) is 8.51. The maximum absolute atomic E-state index is 12.9. The first-order valence-corrected chi connectivity index (χ1v) is 14.3. The topological polar surface area (TPSA) is 69.5 Å². The van der Waals surface area contributed by atoms with Crippen LogP contribution in [0.4, 0.5) is 0 Å². The molecular weight excluding hydrogens is 500 g/mol. The fourth-order valence-electron chi connectivity index (χ4n) is 6.66. The van der Waals surface area contributed by atoms with Crippen molar-refractivity contribution in [1.82, 2.24) is 19.9 Å². The Morgan fingerprint density at radius 3 is 2.80 bits per heavy atom. The van der Waals surface area contributed by atoms with Crippen LogP contribution < -0.4 is 4.74 Å². The highest BCUT2D eigenvalue weighted by Crippen LogP contribution is 2.43. The van der Waals surface area contributed by atoms with Crippen molar-refractivity contribution in [1.29, 1.82) is 0 Å². The molecule has 6 rings (SSSR count). The van der Waals surface area contributed by atoms with Gasteiger partial charge in [0, 0.05) is 37.7 Å². The predicted molar refractivity (Wildman–Crippen MR) is 155 cm³/mol. The Balaban J connectivity index is 1.40. The highest BCUT2D eigenvalue weighted by Gasteiger charge is 2.36. The number of rotatable bonds is 6. The van der Waals surface area contributed by atoms with E-state index >= 15 is 0 Å². The molecule has 0 saturated carbocycles. The quantitative estimate of drug-likeness (QED) is 0.280. The Bertz CT molecular complexity index is 1570. The average molecular weight is 539 g/mol. The van der Waals surface area contributed by atoms with E-state index in [0.29, 0.717) is 6.61 Å². The van der Waals surface area contributed by atoms with Crippen LogP contribution >= 0.6 is 0 Å². The van der Waals surface area contributed by atoms with Gasteiger partial charge in [-0.25, -0.2) is 4.68 Å². The lowest BCUT2D eigenvalue weighted by molar-refractivity contribution is -0.143. The first kappa shape index (κ1) is 26.5. The van der Waals surface area contributed by atoms with Gasteiger partial charge in [-0.3, -0.25) is 9.69 Å². The van der Waals surface area contributed by atoms with Gasteiger partial charge in [-0.1, -0.05) is 47.7 Å². The molecule has 4 aromatic rings. The zero-order valence-corrected chi connectivity index (χ0v) is 24.1. The zero-order chi connectivity index (χ0) is 28.0. The molecule has 40 heavy (non-hydrogen) atoms. The molecule has 3 aromatic carbocycles. The van der Waals surface area contributed by atoms with Crippen LogP contribution in [-0.2, 0) is 29.5 Å². The molecule has 0 saturated heterocycles. The molecule has 0 unspecified atom stereocenters. The molecule has 0 bridgehead atoms. The maximum atomic E-state index is 12.9. The lowest BCUT2D eigenvalue weighted by Gasteiger charge is -2.34. The van der Waals surface area contributed by atoms with Crippen LogP contribution in [-0.4, -0.2) is 44.6 Å². The van der Waals surface area contributed by atoms with Crippen LogP contribution in [0.5, 0.6) is 5.75 Å². The second-order valence-corrected chi connectivity index (χ2v) is 11.8. The summed E-state index contributed by atoms with van der Waals surface area (Å²) in [6.07, 6.45) is 2.40. The molecule has 1 aliphatic carbocycles. The van der Waals surface area contributed by atoms with Crippen molar-refractivity contribution >= 4 is 17.0 Å². The summed E-state index contributed by atoms with van der Waals surface area (Å²) in [5.74, 6) is 0.652. The van der Waals surface area contributed by atoms with Crippen LogP contribution in [0.3, 0.4) is 0 Å². The number of aryl methyl sites for hydroxylation is 3. The molecule has 2 aliphatic rings. The van der Waals surface area contributed by atoms with Gasteiger partial charge in [0.2, 0.25) is 0 Å². The number of hydrogen-bond donors (Lipinski definition) is 0. The van der Waals surface area contributed by atoms with Gasteiger partial charge in [-0.05, 0) is 80.5 Å². The SMILES string of the molecule is CCOC(=O)C[C@@H](c1ccc2c(c1)[C@H](N1Cc3ccccc3OC(C)(C)C1)CC2)c1ccc2c(nnn2C)c1C. The summed E-state index contributed by atoms with van der Waals surface area (Å²) in [5.41, 5.74) is 8.81. The minimum atomic E-state index is -0.303. The van der Waals surface area contributed by atoms with Gasteiger partial charge in [-0.2, -0.15) is 0 Å². The van der Waals surface area contributed by atoms with Crippen molar-refractivity contribution in [2.45, 2.75) is 71.1 Å². The van der Waals surface area contributed by atoms with E-state index in [2.05, 4.69) is 84.5 Å². The summed E-state index contributed by atoms with van der Waals surface area (Å²) < 4.78 is 13.7. The molecule has 208 valence electrons. The first-order chi connectivity index (χ1) is 19.2. The van der Waals surface area contributed by atoms with Gasteiger partial charge in [0.15, 0.2) is 0 Å². The van der Waals surface area contributed by atoms with E-state index in [-0.39, 0.29) is 30.0 Å². The minimum absolute atomic E-state index is 0.137. The number of carbonyl (C=O) groups is 1. The average Bonchev–Trinajstić information content (AvgIpc) is 3.48. The maximum Gasteiger partial charge on any atom is 0.306 e. The Hall–Kier alpha value is -3.71. The molecule has 2 heterocycles. The number of para-hydroxylation sites is 1. The second kappa shape index (κ2) is 10.4. The zero-order valence-electron chi connectivity index (χ0n) is 24.1. The number of esters is 1. The molecular formula is C33H38N4O3. The van der Waals surface area contributed by atoms with Crippen molar-refractivity contribution in [2.24, 2.45) is 7.05 Å². The molecule has 7 heteroatoms. The van der Waals surface area contributed by atoms with Crippen LogP contribution in [0, 0.1) is 6.92 Å². The lowest BCUT2D eigenvalue weighted by atomic mass is 9.84. The van der Waals surface area contributed by atoms with E-state index < -0.39 is 0 Å². The van der Waals surface area contributed by atoms with E-state index in [1.165, 1.54) is 16.7 Å². The van der Waals surface area contributed by atoms with Crippen LogP contribution in [0.15, 0.2) is 54.6 Å². The molecule has 0 amide bonds. The van der Waals surface area contributed by atoms with Gasteiger partial charge in [0.1, 0.15) is 16.9 Å². The minimum Gasteiger partial charge on any atom is -0.486 e. The van der Waals surface area contributed by atoms with Crippen molar-refractivity contribution in [2.75, 3.05) is 13.2 Å². The fraction of sp³-hybridized carbons (Fsp3) is 0.424. The Morgan fingerprint density at radius 1 is 1.15 bits per heavy atom. The largest absolute Gasteiger partial charge is 0.486 e. The van der Waals surface area contributed by atoms with E-state index in [0.717, 1.165) is 59.4 Å². The van der Waals surface area contributed by atoms with Crippen LogP contribution in [0.1, 0.15) is 79.0 Å². The number of aromatic nitrogens is 3. The van der Waals surface area contributed by atoms with Gasteiger partial charge >= 0.3 is 5.97 Å². The Morgan fingerprint density at radius 2 is 1.98 bits per heavy atom. The predicted octanol–water partition coefficient (Wildman–Crippen LogP) is 6.02. The molecule has 0 radical (unpaired) electrons. The lowest BCUT2D eigenvalue weighted by Crippen LogP contribution is -2.41. The second-order valence-electron chi connectivity index (χ2n) is 11.8. The summed E-state index contributed by atoms with van der Waals surface area (Å²) in [6.45, 7) is 10.3. The number of benzene rings is 3. The molecule has 0 N–H and O–H groups in total. The van der Waals surface area contributed by atoms with Crippen molar-refractivity contribution in [3.63, 3.8) is 0 Å². The summed E-state index contributed by atoms with van der Waals surface area (Å²) in [5, 5.41) is 8.64. The fourth-order valence-corrected chi connectivity index (χ4v) is 6.66. The normalized spacial score (nSPS) is 19.0. The molecule has 7 nitrogen and oxygen atoms in total. The van der Waals surface area contributed by atoms with E-state index in [9.17, 15) is 4.79 Å². The molecule has 0 spiro atoms. The summed E-state index contributed by atoms with van der Waals surface area (Å²) in [6, 6.07) is 19.7. The standard InChI is InChI=1S/C33H38N4O3/c1-6-39-31(38)18-26(25-14-16-29-32(21(25)2)34-35-36(29)5)23-12-11-22-13-15-28(27(22)17-23)37-19-24-9-7-8-10-30(24)40-33(3,4)20-37/h7-12,14,16-17,26,28H,6,13,15,18-20H2,1-5H3/t26-,28+/m0/s1. The van der Waals surface area contributed by atoms with Crippen LogP contribution in [0.2, 0.25) is 0 Å². The monoisotopic (exact) mass is 538 g/mol. The smallest absolute Gasteiger partial charge is 0.306 e. The van der Waals surface area contributed by atoms with E-state index in [1.54, 1.807) is 4.68 Å². The van der Waals surface area contributed by atoms with Gasteiger partial charge in [0.25, 0.3) is 0 Å². The van der Waals surface area contributed by atoms with Gasteiger partial charge in [0.05, 0.1) is 18.5 Å². The van der Waals surface area contributed by atoms with Crippen molar-refractivity contribution in [3.8, 4) is 5.75 Å². The Labute approximate surface area is 236 Å². The number of nitrogens with zero attached hydrogens (tertiary/aromatic N) is 4. The molecule has 2 atom stereocenters. The number of fused-ring (bicyclic) bond motifs is 3. The summed E-state index contributed by atoms with van der Waals surface area (Å²) in [4.78, 5) is 15.5. The Kier molecular flexibility index (Phi) is 6.87. The van der Waals surface area contributed by atoms with E-state index in [4.69, 9.17) is 9.47 Å². The van der Waals surface area contributed by atoms with Crippen molar-refractivity contribution < 1.29 is 14.3 Å². The van der Waals surface area contributed by atoms with Crippen molar-refractivity contribution in [3.05, 3.63) is 88.0 Å². The van der Waals surface area contributed by atoms with Gasteiger partial charge < -0.3 is 9.47 Å². The highest BCUT2D eigenvalue weighted by atomic mass is 16.5. The van der Waals surface area contributed by atoms with E-state index in [1.807, 2.05) is 20.0 Å². The molecule has 1 aromatic heterocycles. The molecule has 1 aliphatic heterocycles. The van der Waals surface area contributed by atoms with Crippen LogP contribution in [0.25, 0.3) is 11.0 Å². The highest BCUT2D eigenvalue weighted by molar-refractivity contribution is 5.80. The third kappa shape index (κ3) is 4.87. The molecule has 0 fully saturated rings. The number of ether oxygens (including phenoxy) is 2. The summed E-state index contributed by atoms with van der Waals surface area (Å²) >= 11 is 0. The van der Waals surface area contributed by atoms with Gasteiger partial charge in [-0.15, -0.1) is 5.10 Å². The number of hydrogen-bond acceptors (Lipinski definition) is 6. The summed E-state index contributed by atoms with van der Waals surface area (Å²) in [7, 11) is 1.90. The first-order valence-electron chi connectivity index (χ1n) is 14.3.